The lowest BCUT2D eigenvalue weighted by Gasteiger charge is -2.29. The number of hydrogen-bond acceptors (Lipinski definition) is 3. The molecular formula is C14H19ClN2O2. The zero-order valence-electron chi connectivity index (χ0n) is 10.8. The van der Waals surface area contributed by atoms with Crippen molar-refractivity contribution in [2.24, 2.45) is 5.73 Å². The summed E-state index contributed by atoms with van der Waals surface area (Å²) in [5, 5.41) is 0.697. The Morgan fingerprint density at radius 3 is 2.79 bits per heavy atom. The van der Waals surface area contributed by atoms with E-state index >= 15 is 0 Å². The Morgan fingerprint density at radius 2 is 2.11 bits per heavy atom. The molecule has 1 unspecified atom stereocenters. The number of piperidine rings is 1. The number of halogens is 1. The molecule has 1 saturated heterocycles. The van der Waals surface area contributed by atoms with Crippen molar-refractivity contribution < 1.29 is 9.53 Å². The van der Waals surface area contributed by atoms with Crippen LogP contribution in [0, 0.1) is 0 Å². The quantitative estimate of drug-likeness (QED) is 0.841. The van der Waals surface area contributed by atoms with Crippen LogP contribution >= 0.6 is 11.6 Å². The van der Waals surface area contributed by atoms with E-state index in [0.717, 1.165) is 31.7 Å². The molecule has 19 heavy (non-hydrogen) atoms. The van der Waals surface area contributed by atoms with Gasteiger partial charge in [0.1, 0.15) is 5.75 Å². The Kier molecular flexibility index (Phi) is 5.05. The molecule has 5 heteroatoms. The van der Waals surface area contributed by atoms with Crippen LogP contribution in [0.15, 0.2) is 24.3 Å². The molecule has 0 aliphatic carbocycles. The van der Waals surface area contributed by atoms with Gasteiger partial charge in [0.25, 0.3) is 0 Å². The Balaban J connectivity index is 1.66. The number of ether oxygens (including phenoxy) is 1. The number of hydrogen-bond donors (Lipinski definition) is 1. The van der Waals surface area contributed by atoms with Gasteiger partial charge in [0, 0.05) is 30.6 Å². The first-order valence-corrected chi connectivity index (χ1v) is 6.94. The summed E-state index contributed by atoms with van der Waals surface area (Å²) in [4.78, 5) is 13.6. The van der Waals surface area contributed by atoms with E-state index in [1.54, 1.807) is 12.1 Å². The van der Waals surface area contributed by atoms with Crippen molar-refractivity contribution in [3.63, 3.8) is 0 Å². The molecule has 2 rings (SSSR count). The molecule has 0 radical (unpaired) electrons. The molecule has 2 N–H and O–H groups in total. The second kappa shape index (κ2) is 6.78. The molecule has 1 aromatic rings. The lowest BCUT2D eigenvalue weighted by atomic mass is 10.1. The van der Waals surface area contributed by atoms with Crippen LogP contribution in [0.5, 0.6) is 5.75 Å². The molecule has 1 amide bonds. The smallest absolute Gasteiger partial charge is 0.224 e. The third kappa shape index (κ3) is 4.40. The molecule has 0 aromatic heterocycles. The van der Waals surface area contributed by atoms with Gasteiger partial charge in [-0.3, -0.25) is 4.79 Å². The highest BCUT2D eigenvalue weighted by molar-refractivity contribution is 6.30. The van der Waals surface area contributed by atoms with Crippen molar-refractivity contribution in [1.29, 1.82) is 0 Å². The van der Waals surface area contributed by atoms with Crippen LogP contribution < -0.4 is 10.5 Å². The van der Waals surface area contributed by atoms with Crippen molar-refractivity contribution in [2.45, 2.75) is 25.3 Å². The summed E-state index contributed by atoms with van der Waals surface area (Å²) in [7, 11) is 0. The van der Waals surface area contributed by atoms with Crippen LogP contribution in [0.4, 0.5) is 0 Å². The molecule has 0 saturated carbocycles. The Labute approximate surface area is 118 Å². The van der Waals surface area contributed by atoms with Gasteiger partial charge in [-0.2, -0.15) is 0 Å². The molecule has 1 aromatic carbocycles. The maximum absolute atomic E-state index is 11.7. The summed E-state index contributed by atoms with van der Waals surface area (Å²) in [5.74, 6) is 0.960. The lowest BCUT2D eigenvalue weighted by Crippen LogP contribution is -2.44. The number of nitrogens with two attached hydrogens (primary N) is 1. The average molecular weight is 283 g/mol. The summed E-state index contributed by atoms with van der Waals surface area (Å²) in [6.07, 6.45) is 2.19. The van der Waals surface area contributed by atoms with Crippen LogP contribution in [-0.4, -0.2) is 36.5 Å². The molecule has 0 bridgehead atoms. The minimum Gasteiger partial charge on any atom is -0.494 e. The summed E-state index contributed by atoms with van der Waals surface area (Å²) < 4.78 is 5.59. The summed E-state index contributed by atoms with van der Waals surface area (Å²) >= 11 is 5.79. The monoisotopic (exact) mass is 282 g/mol. The number of rotatable bonds is 5. The highest BCUT2D eigenvalue weighted by Gasteiger charge is 2.22. The third-order valence-electron chi connectivity index (χ3n) is 3.21. The van der Waals surface area contributed by atoms with Crippen LogP contribution in [-0.2, 0) is 4.79 Å². The number of carbonyl (C=O) groups excluding carboxylic acids is 1. The predicted octanol–water partition coefficient (Wildman–Crippen LogP) is 2.06. The number of benzene rings is 1. The van der Waals surface area contributed by atoms with Gasteiger partial charge in [0.2, 0.25) is 5.91 Å². The zero-order valence-corrected chi connectivity index (χ0v) is 11.6. The Bertz CT molecular complexity index is 422. The summed E-state index contributed by atoms with van der Waals surface area (Å²) in [5.41, 5.74) is 5.75. The molecular weight excluding hydrogens is 264 g/mol. The van der Waals surface area contributed by atoms with Gasteiger partial charge in [0.05, 0.1) is 6.61 Å². The van der Waals surface area contributed by atoms with E-state index in [0.29, 0.717) is 18.1 Å². The molecule has 4 nitrogen and oxygen atoms in total. The van der Waals surface area contributed by atoms with Gasteiger partial charge in [-0.15, -0.1) is 0 Å². The first kappa shape index (κ1) is 14.2. The van der Waals surface area contributed by atoms with E-state index in [2.05, 4.69) is 0 Å². The van der Waals surface area contributed by atoms with Gasteiger partial charge >= 0.3 is 0 Å². The highest BCUT2D eigenvalue weighted by Crippen LogP contribution is 2.16. The minimum absolute atomic E-state index is 0.0362. The molecule has 1 aliphatic heterocycles. The van der Waals surface area contributed by atoms with E-state index in [1.807, 2.05) is 17.0 Å². The second-order valence-corrected chi connectivity index (χ2v) is 5.23. The minimum atomic E-state index is 0.0362. The van der Waals surface area contributed by atoms with Crippen molar-refractivity contribution in [2.75, 3.05) is 19.7 Å². The summed E-state index contributed by atoms with van der Waals surface area (Å²) in [6, 6.07) is 7.31. The van der Waals surface area contributed by atoms with Crippen molar-refractivity contribution in [1.82, 2.24) is 4.90 Å². The van der Waals surface area contributed by atoms with E-state index in [1.165, 1.54) is 0 Å². The molecule has 0 spiro atoms. The van der Waals surface area contributed by atoms with Crippen LogP contribution in [0.3, 0.4) is 0 Å². The number of carbonyl (C=O) groups is 1. The molecule has 1 aliphatic rings. The Hall–Kier alpha value is -1.26. The van der Waals surface area contributed by atoms with Crippen LogP contribution in [0.2, 0.25) is 5.02 Å². The van der Waals surface area contributed by atoms with Gasteiger partial charge in [-0.1, -0.05) is 11.6 Å². The van der Waals surface area contributed by atoms with Gasteiger partial charge in [-0.05, 0) is 37.1 Å². The first-order valence-electron chi connectivity index (χ1n) is 6.57. The van der Waals surface area contributed by atoms with Gasteiger partial charge in [-0.25, -0.2) is 0 Å². The van der Waals surface area contributed by atoms with Gasteiger partial charge in [0.15, 0.2) is 0 Å². The lowest BCUT2D eigenvalue weighted by molar-refractivity contribution is -0.133. The Morgan fingerprint density at radius 1 is 1.37 bits per heavy atom. The fourth-order valence-electron chi connectivity index (χ4n) is 2.11. The maximum atomic E-state index is 11.7. The largest absolute Gasteiger partial charge is 0.494 e. The fraction of sp³-hybridized carbons (Fsp3) is 0.500. The number of amides is 1. The average Bonchev–Trinajstić information content (AvgIpc) is 2.39. The molecule has 1 atom stereocenters. The normalized spacial score (nSPS) is 19.6. The van der Waals surface area contributed by atoms with Crippen LogP contribution in [0.1, 0.15) is 19.3 Å². The second-order valence-electron chi connectivity index (χ2n) is 4.79. The van der Waals surface area contributed by atoms with E-state index < -0.39 is 0 Å². The molecule has 1 heterocycles. The van der Waals surface area contributed by atoms with E-state index in [-0.39, 0.29) is 11.9 Å². The van der Waals surface area contributed by atoms with Crippen molar-refractivity contribution >= 4 is 17.5 Å². The van der Waals surface area contributed by atoms with E-state index in [4.69, 9.17) is 22.1 Å². The molecule has 104 valence electrons. The SMILES string of the molecule is NC1CCN(CCCOc2ccc(Cl)cc2)C(=O)C1. The predicted molar refractivity (Wildman–Crippen MR) is 75.4 cm³/mol. The first-order chi connectivity index (χ1) is 9.15. The maximum Gasteiger partial charge on any atom is 0.224 e. The standard InChI is InChI=1S/C14H19ClN2O2/c15-11-2-4-13(5-3-11)19-9-1-7-17-8-6-12(16)10-14(17)18/h2-5,12H,1,6-10,16H2. The van der Waals surface area contributed by atoms with Crippen molar-refractivity contribution in [3.8, 4) is 5.75 Å². The van der Waals surface area contributed by atoms with Crippen molar-refractivity contribution in [3.05, 3.63) is 29.3 Å². The summed E-state index contributed by atoms with van der Waals surface area (Å²) in [6.45, 7) is 2.09. The number of nitrogens with zero attached hydrogens (tertiary/aromatic N) is 1. The molecule has 1 fully saturated rings. The van der Waals surface area contributed by atoms with Gasteiger partial charge < -0.3 is 15.4 Å². The van der Waals surface area contributed by atoms with Crippen LogP contribution in [0.25, 0.3) is 0 Å². The van der Waals surface area contributed by atoms with E-state index in [9.17, 15) is 4.79 Å². The number of likely N-dealkylation sites (tertiary alicyclic amines) is 1. The zero-order chi connectivity index (χ0) is 13.7. The fourth-order valence-corrected chi connectivity index (χ4v) is 2.24. The topological polar surface area (TPSA) is 55.6 Å². The third-order valence-corrected chi connectivity index (χ3v) is 3.47. The highest BCUT2D eigenvalue weighted by atomic mass is 35.5.